The maximum absolute atomic E-state index is 12.5. The third kappa shape index (κ3) is 1.50. The first kappa shape index (κ1) is 14.7. The number of amides is 1. The maximum Gasteiger partial charge on any atom is 0.228 e. The monoisotopic (exact) mass is 322 g/mol. The zero-order chi connectivity index (χ0) is 16.5. The summed E-state index contributed by atoms with van der Waals surface area (Å²) in [5.41, 5.74) is 4.25. The van der Waals surface area contributed by atoms with Gasteiger partial charge in [-0.25, -0.2) is 0 Å². The van der Waals surface area contributed by atoms with Gasteiger partial charge in [-0.1, -0.05) is 31.2 Å². The number of allylic oxidation sites excluding steroid dienone is 1. The number of hydrogen-bond donors (Lipinski definition) is 0. The molecule has 2 saturated heterocycles. The first-order valence-electron chi connectivity index (χ1n) is 9.49. The smallest absolute Gasteiger partial charge is 0.228 e. The molecule has 0 unspecified atom stereocenters. The van der Waals surface area contributed by atoms with Gasteiger partial charge in [0.25, 0.3) is 0 Å². The second-order valence-electron chi connectivity index (χ2n) is 8.14. The first-order chi connectivity index (χ1) is 11.6. The summed E-state index contributed by atoms with van der Waals surface area (Å²) in [4.78, 5) is 17.3. The van der Waals surface area contributed by atoms with Crippen molar-refractivity contribution in [3.8, 4) is 0 Å². The van der Waals surface area contributed by atoms with E-state index < -0.39 is 0 Å². The van der Waals surface area contributed by atoms with Crippen molar-refractivity contribution in [2.45, 2.75) is 57.4 Å². The fraction of sp³-hybridized carbons (Fsp3) is 0.571. The molecule has 0 radical (unpaired) electrons. The van der Waals surface area contributed by atoms with Gasteiger partial charge in [-0.05, 0) is 62.2 Å². The highest BCUT2D eigenvalue weighted by Gasteiger charge is 2.65. The lowest BCUT2D eigenvalue weighted by Gasteiger charge is -2.55. The minimum Gasteiger partial charge on any atom is -0.298 e. The molecule has 3 atom stereocenters. The molecule has 3 heterocycles. The van der Waals surface area contributed by atoms with Gasteiger partial charge in [-0.3, -0.25) is 14.6 Å². The molecule has 3 nitrogen and oxygen atoms in total. The lowest BCUT2D eigenvalue weighted by atomic mass is 9.55. The highest BCUT2D eigenvalue weighted by atomic mass is 16.2. The molecule has 24 heavy (non-hydrogen) atoms. The Morgan fingerprint density at radius 3 is 2.88 bits per heavy atom. The second-order valence-corrected chi connectivity index (χ2v) is 8.14. The van der Waals surface area contributed by atoms with Crippen LogP contribution in [0.25, 0.3) is 0 Å². The summed E-state index contributed by atoms with van der Waals surface area (Å²) in [7, 11) is 0. The van der Waals surface area contributed by atoms with Gasteiger partial charge in [0, 0.05) is 18.7 Å². The fourth-order valence-corrected chi connectivity index (χ4v) is 6.52. The molecule has 4 aliphatic rings. The number of piperidine rings is 1. The molecule has 0 aromatic heterocycles. The van der Waals surface area contributed by atoms with E-state index in [0.717, 1.165) is 18.5 Å². The van der Waals surface area contributed by atoms with E-state index in [1.165, 1.54) is 43.6 Å². The molecular weight excluding hydrogens is 296 g/mol. The summed E-state index contributed by atoms with van der Waals surface area (Å²) < 4.78 is 0. The largest absolute Gasteiger partial charge is 0.298 e. The van der Waals surface area contributed by atoms with Crippen molar-refractivity contribution in [3.63, 3.8) is 0 Å². The van der Waals surface area contributed by atoms with Gasteiger partial charge in [0.15, 0.2) is 0 Å². The highest BCUT2D eigenvalue weighted by Crippen LogP contribution is 2.65. The van der Waals surface area contributed by atoms with E-state index in [1.807, 2.05) is 4.90 Å². The predicted molar refractivity (Wildman–Crippen MR) is 95.9 cm³/mol. The summed E-state index contributed by atoms with van der Waals surface area (Å²) in [5.74, 6) is 0.156. The molecule has 1 aliphatic carbocycles. The predicted octanol–water partition coefficient (Wildman–Crippen LogP) is 3.84. The van der Waals surface area contributed by atoms with Crippen molar-refractivity contribution in [3.05, 3.63) is 41.6 Å². The van der Waals surface area contributed by atoms with Crippen LogP contribution in [-0.4, -0.2) is 29.9 Å². The first-order valence-corrected chi connectivity index (χ1v) is 9.49. The van der Waals surface area contributed by atoms with Crippen molar-refractivity contribution in [2.24, 2.45) is 5.41 Å². The molecule has 0 N–H and O–H groups in total. The lowest BCUT2D eigenvalue weighted by molar-refractivity contribution is -0.116. The number of carbonyl (C=O) groups is 1. The SMILES string of the molecule is CC[C@]12CC=C3N(C(C)=O)c4ccccc4[C@]34CCN(CCC1)[C@H]24. The van der Waals surface area contributed by atoms with Crippen LogP contribution in [-0.2, 0) is 10.2 Å². The molecule has 1 spiro atoms. The molecule has 1 amide bonds. The number of nitrogens with zero attached hydrogens (tertiary/aromatic N) is 2. The molecule has 1 aromatic carbocycles. The number of benzene rings is 1. The van der Waals surface area contributed by atoms with E-state index in [4.69, 9.17) is 0 Å². The molecule has 2 fully saturated rings. The average molecular weight is 322 g/mol. The minimum atomic E-state index is 0.0386. The fourth-order valence-electron chi connectivity index (χ4n) is 6.52. The van der Waals surface area contributed by atoms with Crippen LogP contribution in [0.5, 0.6) is 0 Å². The normalized spacial score (nSPS) is 36.8. The second kappa shape index (κ2) is 4.72. The molecule has 3 heteroatoms. The van der Waals surface area contributed by atoms with Gasteiger partial charge in [0.1, 0.15) is 0 Å². The summed E-state index contributed by atoms with van der Waals surface area (Å²) in [6.45, 7) is 6.48. The number of para-hydroxylation sites is 1. The van der Waals surface area contributed by atoms with Gasteiger partial charge in [0.05, 0.1) is 11.1 Å². The Hall–Kier alpha value is -1.61. The van der Waals surface area contributed by atoms with Crippen molar-refractivity contribution in [1.29, 1.82) is 0 Å². The van der Waals surface area contributed by atoms with Gasteiger partial charge in [-0.2, -0.15) is 0 Å². The molecule has 0 bridgehead atoms. The third-order valence-electron chi connectivity index (χ3n) is 7.37. The van der Waals surface area contributed by atoms with E-state index in [0.29, 0.717) is 11.5 Å². The molecule has 3 aliphatic heterocycles. The number of carbonyl (C=O) groups excluding carboxylic acids is 1. The number of rotatable bonds is 1. The van der Waals surface area contributed by atoms with Crippen LogP contribution in [0.2, 0.25) is 0 Å². The summed E-state index contributed by atoms with van der Waals surface area (Å²) >= 11 is 0. The Balaban J connectivity index is 1.80. The van der Waals surface area contributed by atoms with Gasteiger partial charge < -0.3 is 0 Å². The van der Waals surface area contributed by atoms with Crippen molar-refractivity contribution in [2.75, 3.05) is 18.0 Å². The van der Waals surface area contributed by atoms with Crippen LogP contribution >= 0.6 is 0 Å². The molecular formula is C21H26N2O. The maximum atomic E-state index is 12.5. The Bertz CT molecular complexity index is 754. The van der Waals surface area contributed by atoms with E-state index in [9.17, 15) is 4.79 Å². The summed E-state index contributed by atoms with van der Waals surface area (Å²) in [6, 6.07) is 9.22. The van der Waals surface area contributed by atoms with E-state index >= 15 is 0 Å². The van der Waals surface area contributed by atoms with Gasteiger partial charge in [-0.15, -0.1) is 0 Å². The zero-order valence-corrected chi connectivity index (χ0v) is 14.7. The molecule has 1 aromatic rings. The number of anilines is 1. The number of fused-ring (bicyclic) bond motifs is 1. The highest BCUT2D eigenvalue weighted by molar-refractivity contribution is 5.99. The van der Waals surface area contributed by atoms with E-state index in [2.05, 4.69) is 42.2 Å². The van der Waals surface area contributed by atoms with Crippen molar-refractivity contribution in [1.82, 2.24) is 4.90 Å². The zero-order valence-electron chi connectivity index (χ0n) is 14.7. The van der Waals surface area contributed by atoms with Gasteiger partial charge >= 0.3 is 0 Å². The van der Waals surface area contributed by atoms with E-state index in [-0.39, 0.29) is 11.3 Å². The quantitative estimate of drug-likeness (QED) is 0.784. The van der Waals surface area contributed by atoms with Crippen LogP contribution in [0.4, 0.5) is 5.69 Å². The molecule has 0 saturated carbocycles. The molecule has 126 valence electrons. The van der Waals surface area contributed by atoms with Gasteiger partial charge in [0.2, 0.25) is 5.91 Å². The average Bonchev–Trinajstić information content (AvgIpc) is 3.13. The van der Waals surface area contributed by atoms with Crippen molar-refractivity contribution >= 4 is 11.6 Å². The Labute approximate surface area is 144 Å². The number of hydrogen-bond acceptors (Lipinski definition) is 2. The van der Waals surface area contributed by atoms with Crippen LogP contribution in [0.3, 0.4) is 0 Å². The van der Waals surface area contributed by atoms with Crippen molar-refractivity contribution < 1.29 is 4.79 Å². The lowest BCUT2D eigenvalue weighted by Crippen LogP contribution is -2.59. The molecule has 5 rings (SSSR count). The Morgan fingerprint density at radius 2 is 2.08 bits per heavy atom. The third-order valence-corrected chi connectivity index (χ3v) is 7.37. The minimum absolute atomic E-state index is 0.0386. The Morgan fingerprint density at radius 1 is 1.25 bits per heavy atom. The van der Waals surface area contributed by atoms with Crippen LogP contribution in [0.15, 0.2) is 36.0 Å². The summed E-state index contributed by atoms with van der Waals surface area (Å²) in [5, 5.41) is 0. The summed E-state index contributed by atoms with van der Waals surface area (Å²) in [6.07, 6.45) is 8.60. The Kier molecular flexibility index (Phi) is 2.90. The van der Waals surface area contributed by atoms with E-state index in [1.54, 1.807) is 6.92 Å². The van der Waals surface area contributed by atoms with Crippen LogP contribution < -0.4 is 4.90 Å². The standard InChI is InChI=1S/C21H26N2O/c1-3-20-10-6-13-22-14-12-21(19(20)22)16-7-4-5-8-17(16)23(15(2)24)18(21)9-11-20/h4-5,7-9,19H,3,6,10-14H2,1-2H3/t19-,20-,21-/m1/s1. The van der Waals surface area contributed by atoms with Crippen LogP contribution in [0.1, 0.15) is 51.5 Å². The topological polar surface area (TPSA) is 23.6 Å². The van der Waals surface area contributed by atoms with Crippen LogP contribution in [0, 0.1) is 5.41 Å².